The molecule has 4 aliphatic heterocycles. The van der Waals surface area contributed by atoms with Gasteiger partial charge in [0.25, 0.3) is 0 Å². The van der Waals surface area contributed by atoms with Crippen molar-refractivity contribution in [2.45, 2.75) is 114 Å². The minimum atomic E-state index is -2.22. The van der Waals surface area contributed by atoms with Gasteiger partial charge in [0.15, 0.2) is 0 Å². The third-order valence-corrected chi connectivity index (χ3v) is 20.0. The van der Waals surface area contributed by atoms with Crippen molar-refractivity contribution in [1.82, 2.24) is 20.2 Å². The van der Waals surface area contributed by atoms with Gasteiger partial charge in [0.2, 0.25) is 0 Å². The molecular formula is C45H53F2N5O3Si. The van der Waals surface area contributed by atoms with Crippen molar-refractivity contribution in [3.63, 3.8) is 0 Å². The van der Waals surface area contributed by atoms with Crippen molar-refractivity contribution in [2.75, 3.05) is 37.7 Å². The Morgan fingerprint density at radius 3 is 2.46 bits per heavy atom. The predicted molar refractivity (Wildman–Crippen MR) is 223 cm³/mol. The number of aromatic hydroxyl groups is 1. The molecule has 11 heteroatoms. The van der Waals surface area contributed by atoms with E-state index in [2.05, 4.69) is 68.1 Å². The first-order valence-electron chi connectivity index (χ1n) is 20.6. The fourth-order valence-corrected chi connectivity index (χ4v) is 16.4. The first-order chi connectivity index (χ1) is 26.9. The number of phenolic OH excluding ortho intramolecular Hbond substituents is 1. The number of hydrogen-bond donors (Lipinski definition) is 2. The number of rotatable bonds is 8. The van der Waals surface area contributed by atoms with E-state index in [9.17, 15) is 9.50 Å². The average Bonchev–Trinajstić information content (AvgIpc) is 3.93. The van der Waals surface area contributed by atoms with Crippen molar-refractivity contribution < 1.29 is 23.0 Å². The molecule has 294 valence electrons. The molecule has 9 rings (SSSR count). The van der Waals surface area contributed by atoms with Crippen LogP contribution in [0.5, 0.6) is 11.8 Å². The van der Waals surface area contributed by atoms with Gasteiger partial charge in [-0.25, -0.2) is 8.78 Å². The quantitative estimate of drug-likeness (QED) is 0.119. The van der Waals surface area contributed by atoms with Crippen LogP contribution in [0, 0.1) is 17.3 Å². The summed E-state index contributed by atoms with van der Waals surface area (Å²) >= 11 is 0. The van der Waals surface area contributed by atoms with E-state index in [0.717, 1.165) is 67.5 Å². The summed E-state index contributed by atoms with van der Waals surface area (Å²) in [5, 5.41) is 17.8. The number of fused-ring (bicyclic) bond motifs is 7. The highest BCUT2D eigenvalue weighted by atomic mass is 28.3. The molecule has 4 atom stereocenters. The van der Waals surface area contributed by atoms with Crippen LogP contribution in [-0.2, 0) is 0 Å². The summed E-state index contributed by atoms with van der Waals surface area (Å²) in [7, 11) is -2.22. The Morgan fingerprint density at radius 2 is 1.73 bits per heavy atom. The summed E-state index contributed by atoms with van der Waals surface area (Å²) < 4.78 is 43.9. The van der Waals surface area contributed by atoms with Crippen molar-refractivity contribution in [3.8, 4) is 34.4 Å². The molecule has 0 aliphatic carbocycles. The first-order valence-corrected chi connectivity index (χ1v) is 22.8. The van der Waals surface area contributed by atoms with Crippen LogP contribution in [0.3, 0.4) is 0 Å². The molecule has 0 amide bonds. The van der Waals surface area contributed by atoms with Crippen LogP contribution in [0.4, 0.5) is 14.6 Å². The molecule has 0 saturated carbocycles. The normalized spacial score (nSPS) is 24.0. The maximum atomic E-state index is 16.3. The molecular weight excluding hydrogens is 725 g/mol. The van der Waals surface area contributed by atoms with Crippen LogP contribution < -0.4 is 15.0 Å². The first kappa shape index (κ1) is 37.3. The van der Waals surface area contributed by atoms with Gasteiger partial charge in [-0.3, -0.25) is 4.90 Å². The minimum Gasteiger partial charge on any atom is -0.508 e. The summed E-state index contributed by atoms with van der Waals surface area (Å²) in [6.07, 6.45) is 5.38. The Labute approximate surface area is 329 Å². The van der Waals surface area contributed by atoms with Crippen LogP contribution in [0.2, 0.25) is 16.6 Å². The second-order valence-electron chi connectivity index (χ2n) is 17.9. The maximum absolute atomic E-state index is 16.3. The van der Waals surface area contributed by atoms with E-state index in [-0.39, 0.29) is 17.3 Å². The topological polar surface area (TPSA) is 86.9 Å². The molecule has 4 saturated heterocycles. The van der Waals surface area contributed by atoms with Gasteiger partial charge in [0.1, 0.15) is 43.8 Å². The van der Waals surface area contributed by atoms with E-state index < -0.39 is 20.1 Å². The number of ether oxygens (including phenoxy) is 1. The van der Waals surface area contributed by atoms with Crippen LogP contribution >= 0.6 is 0 Å². The molecule has 6 heterocycles. The summed E-state index contributed by atoms with van der Waals surface area (Å²) in [6, 6.07) is 11.4. The van der Waals surface area contributed by atoms with E-state index in [0.29, 0.717) is 81.3 Å². The SMILES string of the molecule is CC(C)[Si](C#Cc1c(F)ccc2cc(O)cc(-c3cc4nc(OC[C@@]56CCCN5C[C@H](F)C6)nc(N5CC6CCC(C5)N6)c4c4occc34)c12)(C(C)C)C(C)C. The zero-order chi connectivity index (χ0) is 39.1. The van der Waals surface area contributed by atoms with Gasteiger partial charge in [-0.05, 0) is 95.7 Å². The number of nitrogens with zero attached hydrogens (tertiary/aromatic N) is 4. The Bertz CT molecular complexity index is 2370. The Kier molecular flexibility index (Phi) is 9.33. The van der Waals surface area contributed by atoms with E-state index in [1.807, 2.05) is 12.1 Å². The van der Waals surface area contributed by atoms with Crippen molar-refractivity contribution >= 4 is 46.5 Å². The van der Waals surface area contributed by atoms with Gasteiger partial charge in [0.05, 0.1) is 28.3 Å². The second-order valence-corrected chi connectivity index (χ2v) is 23.5. The van der Waals surface area contributed by atoms with Crippen molar-refractivity contribution in [3.05, 3.63) is 54.0 Å². The fourth-order valence-electron chi connectivity index (χ4n) is 11.2. The molecule has 3 aromatic carbocycles. The smallest absolute Gasteiger partial charge is 0.319 e. The number of furan rings is 1. The standard InChI is InChI=1S/C45H53F2N5O3Si/c1-26(2)56(27(3)4,28(5)6)17-13-35-38(47)11-8-29-18-33(53)19-37(40(29)35)36-20-39-41(42-34(36)12-16-54-42)43(51-23-31-9-10-32(24-51)48-31)50-44(49-39)55-25-45-14-7-15-52(45)22-30(46)21-45/h8,11-12,16,18-20,26-28,30-32,48,53H,7,9-10,14-15,21-25H2,1-6H3/t30-,31?,32?,45+/m1/s1. The number of hydrogen-bond acceptors (Lipinski definition) is 8. The number of alkyl halides is 1. The van der Waals surface area contributed by atoms with Crippen LogP contribution in [0.1, 0.15) is 79.2 Å². The fraction of sp³-hybridized carbons (Fsp3) is 0.511. The van der Waals surface area contributed by atoms with E-state index in [1.165, 1.54) is 6.07 Å². The molecule has 5 aromatic rings. The summed E-state index contributed by atoms with van der Waals surface area (Å²) in [5.41, 5.74) is 7.48. The minimum absolute atomic E-state index is 0.0665. The van der Waals surface area contributed by atoms with Gasteiger partial charge in [-0.2, -0.15) is 9.97 Å². The van der Waals surface area contributed by atoms with Crippen molar-refractivity contribution in [2.24, 2.45) is 0 Å². The largest absolute Gasteiger partial charge is 0.508 e. The highest BCUT2D eigenvalue weighted by molar-refractivity contribution is 6.90. The molecule has 56 heavy (non-hydrogen) atoms. The van der Waals surface area contributed by atoms with Gasteiger partial charge >= 0.3 is 6.01 Å². The third kappa shape index (κ3) is 6.06. The number of halogens is 2. The third-order valence-electron chi connectivity index (χ3n) is 13.7. The molecule has 2 unspecified atom stereocenters. The molecule has 0 radical (unpaired) electrons. The summed E-state index contributed by atoms with van der Waals surface area (Å²) in [6.45, 7) is 16.7. The number of anilines is 1. The lowest BCUT2D eigenvalue weighted by atomic mass is 9.91. The second kappa shape index (κ2) is 14.0. The van der Waals surface area contributed by atoms with Crippen LogP contribution in [-0.4, -0.2) is 84.6 Å². The predicted octanol–water partition coefficient (Wildman–Crippen LogP) is 9.51. The Morgan fingerprint density at radius 1 is 0.982 bits per heavy atom. The van der Waals surface area contributed by atoms with Crippen molar-refractivity contribution in [1.29, 1.82) is 0 Å². The van der Waals surface area contributed by atoms with E-state index in [1.54, 1.807) is 24.5 Å². The highest BCUT2D eigenvalue weighted by Gasteiger charge is 2.49. The van der Waals surface area contributed by atoms with Crippen LogP contribution in [0.25, 0.3) is 43.8 Å². The lowest BCUT2D eigenvalue weighted by Gasteiger charge is -2.38. The lowest BCUT2D eigenvalue weighted by Crippen LogP contribution is -2.51. The van der Waals surface area contributed by atoms with Crippen LogP contribution in [0.15, 0.2) is 47.1 Å². The number of aromatic nitrogens is 2. The molecule has 2 N–H and O–H groups in total. The van der Waals surface area contributed by atoms with Gasteiger partial charge in [0, 0.05) is 48.9 Å². The molecule has 4 aliphatic rings. The van der Waals surface area contributed by atoms with Gasteiger partial charge in [-0.15, -0.1) is 5.54 Å². The van der Waals surface area contributed by atoms with Gasteiger partial charge < -0.3 is 24.5 Å². The lowest BCUT2D eigenvalue weighted by molar-refractivity contribution is 0.107. The Balaban J connectivity index is 1.25. The average molecular weight is 778 g/mol. The molecule has 2 bridgehead atoms. The number of nitrogens with one attached hydrogen (secondary N) is 1. The highest BCUT2D eigenvalue weighted by Crippen LogP contribution is 2.46. The number of benzene rings is 3. The summed E-state index contributed by atoms with van der Waals surface area (Å²) in [5.74, 6) is 3.86. The zero-order valence-corrected chi connectivity index (χ0v) is 34.4. The molecule has 2 aromatic heterocycles. The molecule has 4 fully saturated rings. The number of phenols is 1. The molecule has 8 nitrogen and oxygen atoms in total. The van der Waals surface area contributed by atoms with Gasteiger partial charge in [-0.1, -0.05) is 53.5 Å². The van der Waals surface area contributed by atoms with E-state index >= 15 is 4.39 Å². The summed E-state index contributed by atoms with van der Waals surface area (Å²) in [4.78, 5) is 14.7. The van der Waals surface area contributed by atoms with E-state index in [4.69, 9.17) is 19.1 Å². The zero-order valence-electron chi connectivity index (χ0n) is 33.4. The molecule has 0 spiro atoms. The monoisotopic (exact) mass is 777 g/mol. The maximum Gasteiger partial charge on any atom is 0.319 e. The number of piperazine rings is 1. The Hall–Kier alpha value is -4.24.